The maximum Gasteiger partial charge on any atom is 0.241 e. The van der Waals surface area contributed by atoms with Crippen LogP contribution in [0.2, 0.25) is 0 Å². The summed E-state index contributed by atoms with van der Waals surface area (Å²) in [6.07, 6.45) is 5.15. The molecule has 0 radical (unpaired) electrons. The minimum Gasteiger partial charge on any atom is -0.338 e. The highest BCUT2D eigenvalue weighted by molar-refractivity contribution is 5.53. The molecule has 2 unspecified atom stereocenters. The topological polar surface area (TPSA) is 42.2 Å². The molecule has 0 saturated heterocycles. The van der Waals surface area contributed by atoms with Crippen LogP contribution in [0.15, 0.2) is 28.8 Å². The molecule has 0 spiro atoms. The Hall–Kier alpha value is -1.75. The van der Waals surface area contributed by atoms with Crippen molar-refractivity contribution in [3.63, 3.8) is 0 Å². The van der Waals surface area contributed by atoms with Crippen molar-refractivity contribution in [2.75, 3.05) is 7.05 Å². The van der Waals surface area contributed by atoms with Crippen LogP contribution in [0.25, 0.3) is 11.4 Å². The van der Waals surface area contributed by atoms with Crippen LogP contribution in [0.1, 0.15) is 38.5 Å². The highest BCUT2D eigenvalue weighted by Crippen LogP contribution is 2.28. The van der Waals surface area contributed by atoms with Gasteiger partial charge in [-0.05, 0) is 50.1 Å². The molecule has 2 atom stereocenters. The van der Waals surface area contributed by atoms with Crippen molar-refractivity contribution in [1.29, 1.82) is 0 Å². The fourth-order valence-corrected chi connectivity index (χ4v) is 3.32. The number of aromatic nitrogens is 2. The summed E-state index contributed by atoms with van der Waals surface area (Å²) in [5.41, 5.74) is 0.769. The summed E-state index contributed by atoms with van der Waals surface area (Å²) < 4.78 is 18.3. The largest absolute Gasteiger partial charge is 0.338 e. The summed E-state index contributed by atoms with van der Waals surface area (Å²) in [6, 6.07) is 6.71. The molecule has 1 saturated carbocycles. The van der Waals surface area contributed by atoms with E-state index in [2.05, 4.69) is 29.0 Å². The lowest BCUT2D eigenvalue weighted by Gasteiger charge is -2.35. The van der Waals surface area contributed by atoms with E-state index in [4.69, 9.17) is 4.52 Å². The maximum atomic E-state index is 13.0. The number of hydrogen-bond acceptors (Lipinski definition) is 4. The van der Waals surface area contributed by atoms with E-state index in [-0.39, 0.29) is 5.82 Å². The fraction of sp³-hybridized carbons (Fsp3) is 0.529. The SMILES string of the molecule is CC1CCCCC1N(C)Cc1nc(-c2ccc(F)cc2)no1. The van der Waals surface area contributed by atoms with E-state index in [1.165, 1.54) is 37.8 Å². The molecule has 1 aliphatic carbocycles. The van der Waals surface area contributed by atoms with Crippen LogP contribution in [-0.4, -0.2) is 28.1 Å². The van der Waals surface area contributed by atoms with E-state index in [0.29, 0.717) is 30.2 Å². The van der Waals surface area contributed by atoms with E-state index in [1.807, 2.05) is 0 Å². The number of hydrogen-bond donors (Lipinski definition) is 0. The van der Waals surface area contributed by atoms with Gasteiger partial charge in [0, 0.05) is 11.6 Å². The summed E-state index contributed by atoms with van der Waals surface area (Å²) >= 11 is 0. The van der Waals surface area contributed by atoms with E-state index in [1.54, 1.807) is 12.1 Å². The lowest BCUT2D eigenvalue weighted by Crippen LogP contribution is -2.38. The second-order valence-electron chi connectivity index (χ2n) is 6.26. The number of benzene rings is 1. The molecule has 0 bridgehead atoms. The highest BCUT2D eigenvalue weighted by Gasteiger charge is 2.26. The predicted molar refractivity (Wildman–Crippen MR) is 82.6 cm³/mol. The molecular formula is C17H22FN3O. The Morgan fingerprint density at radius 1 is 1.23 bits per heavy atom. The second kappa shape index (κ2) is 6.57. The highest BCUT2D eigenvalue weighted by atomic mass is 19.1. The Balaban J connectivity index is 1.67. The number of halogens is 1. The van der Waals surface area contributed by atoms with Gasteiger partial charge in [-0.3, -0.25) is 4.90 Å². The van der Waals surface area contributed by atoms with Gasteiger partial charge in [0.05, 0.1) is 6.54 Å². The predicted octanol–water partition coefficient (Wildman–Crippen LogP) is 3.89. The molecule has 22 heavy (non-hydrogen) atoms. The van der Waals surface area contributed by atoms with Crippen LogP contribution in [0, 0.1) is 11.7 Å². The van der Waals surface area contributed by atoms with Gasteiger partial charge in [-0.15, -0.1) is 0 Å². The molecule has 1 aromatic heterocycles. The average molecular weight is 303 g/mol. The van der Waals surface area contributed by atoms with E-state index in [9.17, 15) is 4.39 Å². The Morgan fingerprint density at radius 3 is 2.68 bits per heavy atom. The van der Waals surface area contributed by atoms with E-state index < -0.39 is 0 Å². The molecule has 1 fully saturated rings. The van der Waals surface area contributed by atoms with E-state index in [0.717, 1.165) is 5.56 Å². The molecule has 3 rings (SSSR count). The summed E-state index contributed by atoms with van der Waals surface area (Å²) in [4.78, 5) is 6.74. The first-order valence-electron chi connectivity index (χ1n) is 7.92. The molecule has 1 aliphatic rings. The van der Waals surface area contributed by atoms with Crippen molar-refractivity contribution in [2.45, 2.75) is 45.2 Å². The standard InChI is InChI=1S/C17H22FN3O/c1-12-5-3-4-6-15(12)21(2)11-16-19-17(20-22-16)13-7-9-14(18)10-8-13/h7-10,12,15H,3-6,11H2,1-2H3. The normalized spacial score (nSPS) is 22.2. The van der Waals surface area contributed by atoms with Crippen molar-refractivity contribution in [3.8, 4) is 11.4 Å². The molecule has 4 nitrogen and oxygen atoms in total. The minimum atomic E-state index is -0.265. The van der Waals surface area contributed by atoms with Gasteiger partial charge in [0.15, 0.2) is 0 Å². The lowest BCUT2D eigenvalue weighted by atomic mass is 9.85. The van der Waals surface area contributed by atoms with E-state index >= 15 is 0 Å². The van der Waals surface area contributed by atoms with Crippen molar-refractivity contribution in [3.05, 3.63) is 36.0 Å². The molecule has 0 N–H and O–H groups in total. The Labute approximate surface area is 130 Å². The Bertz CT molecular complexity index is 611. The van der Waals surface area contributed by atoms with Gasteiger partial charge in [-0.25, -0.2) is 4.39 Å². The van der Waals surface area contributed by atoms with Crippen LogP contribution >= 0.6 is 0 Å². The third kappa shape index (κ3) is 3.35. The Morgan fingerprint density at radius 2 is 1.95 bits per heavy atom. The molecular weight excluding hydrogens is 281 g/mol. The second-order valence-corrected chi connectivity index (χ2v) is 6.26. The van der Waals surface area contributed by atoms with Crippen LogP contribution in [0.5, 0.6) is 0 Å². The zero-order valence-electron chi connectivity index (χ0n) is 13.1. The first kappa shape index (κ1) is 15.2. The molecule has 5 heteroatoms. The number of rotatable bonds is 4. The van der Waals surface area contributed by atoms with Crippen LogP contribution in [0.4, 0.5) is 4.39 Å². The van der Waals surface area contributed by atoms with Crippen LogP contribution < -0.4 is 0 Å². The van der Waals surface area contributed by atoms with Crippen molar-refractivity contribution < 1.29 is 8.91 Å². The van der Waals surface area contributed by atoms with Gasteiger partial charge in [0.25, 0.3) is 0 Å². The van der Waals surface area contributed by atoms with Crippen molar-refractivity contribution in [2.24, 2.45) is 5.92 Å². The summed E-state index contributed by atoms with van der Waals surface area (Å²) in [6.45, 7) is 2.97. The van der Waals surface area contributed by atoms with Crippen LogP contribution in [-0.2, 0) is 6.54 Å². The number of nitrogens with zero attached hydrogens (tertiary/aromatic N) is 3. The smallest absolute Gasteiger partial charge is 0.241 e. The van der Waals surface area contributed by atoms with Gasteiger partial charge < -0.3 is 4.52 Å². The average Bonchev–Trinajstić information content (AvgIpc) is 2.97. The molecule has 2 aromatic rings. The first-order valence-corrected chi connectivity index (χ1v) is 7.92. The molecule has 118 valence electrons. The lowest BCUT2D eigenvalue weighted by molar-refractivity contribution is 0.120. The third-order valence-electron chi connectivity index (χ3n) is 4.59. The van der Waals surface area contributed by atoms with Crippen molar-refractivity contribution in [1.82, 2.24) is 15.0 Å². The first-order chi connectivity index (χ1) is 10.6. The Kier molecular flexibility index (Phi) is 4.52. The van der Waals surface area contributed by atoms with Gasteiger partial charge in [0.1, 0.15) is 5.82 Å². The van der Waals surface area contributed by atoms with Gasteiger partial charge in [0.2, 0.25) is 11.7 Å². The third-order valence-corrected chi connectivity index (χ3v) is 4.59. The fourth-order valence-electron chi connectivity index (χ4n) is 3.32. The summed E-state index contributed by atoms with van der Waals surface area (Å²) in [7, 11) is 2.12. The maximum absolute atomic E-state index is 13.0. The van der Waals surface area contributed by atoms with Crippen molar-refractivity contribution >= 4 is 0 Å². The van der Waals surface area contributed by atoms with Gasteiger partial charge in [-0.1, -0.05) is 24.9 Å². The zero-order chi connectivity index (χ0) is 15.5. The van der Waals surface area contributed by atoms with Crippen LogP contribution in [0.3, 0.4) is 0 Å². The summed E-state index contributed by atoms with van der Waals surface area (Å²) in [5.74, 6) is 1.57. The quantitative estimate of drug-likeness (QED) is 0.859. The monoisotopic (exact) mass is 303 g/mol. The van der Waals surface area contributed by atoms with Gasteiger partial charge in [-0.2, -0.15) is 4.98 Å². The summed E-state index contributed by atoms with van der Waals surface area (Å²) in [5, 5.41) is 4.00. The zero-order valence-corrected chi connectivity index (χ0v) is 13.1. The molecule has 0 aliphatic heterocycles. The van der Waals surface area contributed by atoms with Gasteiger partial charge >= 0.3 is 0 Å². The molecule has 1 aromatic carbocycles. The molecule has 0 amide bonds. The molecule has 1 heterocycles. The minimum absolute atomic E-state index is 0.265.